The maximum atomic E-state index is 11.5. The molecule has 1 aliphatic heterocycles. The van der Waals surface area contributed by atoms with Gasteiger partial charge >= 0.3 is 5.97 Å². The monoisotopic (exact) mass is 198 g/mol. The molecule has 4 heteroatoms. The van der Waals surface area contributed by atoms with E-state index in [-0.39, 0.29) is 11.4 Å². The maximum absolute atomic E-state index is 11.5. The minimum absolute atomic E-state index is 0.0176. The summed E-state index contributed by atoms with van der Waals surface area (Å²) in [6.07, 6.45) is 2.01. The lowest BCUT2D eigenvalue weighted by atomic mass is 10.1. The molecule has 0 bridgehead atoms. The summed E-state index contributed by atoms with van der Waals surface area (Å²) >= 11 is 0. The summed E-state index contributed by atoms with van der Waals surface area (Å²) in [5, 5.41) is 3.31. The van der Waals surface area contributed by atoms with Crippen LogP contribution in [0, 0.1) is 5.41 Å². The highest BCUT2D eigenvalue weighted by molar-refractivity contribution is 5.80. The molecule has 0 radical (unpaired) electrons. The van der Waals surface area contributed by atoms with Gasteiger partial charge in [-0.2, -0.15) is 0 Å². The van der Waals surface area contributed by atoms with Crippen LogP contribution in [0.2, 0.25) is 0 Å². The third-order valence-electron chi connectivity index (χ3n) is 3.21. The minimum Gasteiger partial charge on any atom is -0.469 e. The van der Waals surface area contributed by atoms with Gasteiger partial charge in [0.25, 0.3) is 0 Å². The lowest BCUT2D eigenvalue weighted by Crippen LogP contribution is -2.46. The molecular formula is C10H18N2O2. The molecule has 2 fully saturated rings. The Morgan fingerprint density at radius 1 is 1.43 bits per heavy atom. The van der Waals surface area contributed by atoms with E-state index in [2.05, 4.69) is 10.2 Å². The van der Waals surface area contributed by atoms with Crippen LogP contribution >= 0.6 is 0 Å². The van der Waals surface area contributed by atoms with Gasteiger partial charge in [-0.15, -0.1) is 0 Å². The van der Waals surface area contributed by atoms with Crippen molar-refractivity contribution in [3.05, 3.63) is 0 Å². The largest absolute Gasteiger partial charge is 0.469 e. The highest BCUT2D eigenvalue weighted by Gasteiger charge is 2.51. The van der Waals surface area contributed by atoms with Gasteiger partial charge in [-0.1, -0.05) is 0 Å². The molecule has 0 spiro atoms. The van der Waals surface area contributed by atoms with E-state index in [1.54, 1.807) is 0 Å². The topological polar surface area (TPSA) is 41.6 Å². The molecule has 1 aliphatic carbocycles. The first-order chi connectivity index (χ1) is 6.77. The first kappa shape index (κ1) is 9.93. The van der Waals surface area contributed by atoms with Crippen LogP contribution < -0.4 is 5.32 Å². The average molecular weight is 198 g/mol. The van der Waals surface area contributed by atoms with Gasteiger partial charge in [0.15, 0.2) is 0 Å². The van der Waals surface area contributed by atoms with E-state index < -0.39 is 0 Å². The van der Waals surface area contributed by atoms with Crippen LogP contribution in [-0.2, 0) is 9.53 Å². The summed E-state index contributed by atoms with van der Waals surface area (Å²) in [5.41, 5.74) is -0.147. The maximum Gasteiger partial charge on any atom is 0.313 e. The van der Waals surface area contributed by atoms with E-state index in [9.17, 15) is 4.79 Å². The molecule has 1 saturated carbocycles. The molecule has 14 heavy (non-hydrogen) atoms. The SMILES string of the molecule is COC(=O)C1(CN2CCNCC2)CC1. The van der Waals surface area contributed by atoms with Crippen LogP contribution in [0.1, 0.15) is 12.8 Å². The predicted octanol–water partition coefficient (Wildman–Crippen LogP) is -0.155. The molecular weight excluding hydrogens is 180 g/mol. The van der Waals surface area contributed by atoms with Gasteiger partial charge in [0.05, 0.1) is 12.5 Å². The zero-order valence-corrected chi connectivity index (χ0v) is 8.71. The van der Waals surface area contributed by atoms with Crippen molar-refractivity contribution in [3.63, 3.8) is 0 Å². The first-order valence-corrected chi connectivity index (χ1v) is 5.28. The highest BCUT2D eigenvalue weighted by Crippen LogP contribution is 2.47. The number of methoxy groups -OCH3 is 1. The lowest BCUT2D eigenvalue weighted by molar-refractivity contribution is -0.148. The molecule has 0 aromatic carbocycles. The van der Waals surface area contributed by atoms with Crippen molar-refractivity contribution in [1.29, 1.82) is 0 Å². The fourth-order valence-electron chi connectivity index (χ4n) is 2.09. The number of carbonyl (C=O) groups is 1. The Morgan fingerprint density at radius 2 is 2.07 bits per heavy atom. The van der Waals surface area contributed by atoms with Crippen LogP contribution in [0.25, 0.3) is 0 Å². The fraction of sp³-hybridized carbons (Fsp3) is 0.900. The molecule has 2 rings (SSSR count). The van der Waals surface area contributed by atoms with Crippen LogP contribution in [-0.4, -0.2) is 50.7 Å². The Kier molecular flexibility index (Phi) is 2.74. The summed E-state index contributed by atoms with van der Waals surface area (Å²) in [7, 11) is 1.49. The second-order valence-corrected chi connectivity index (χ2v) is 4.30. The van der Waals surface area contributed by atoms with Crippen LogP contribution in [0.4, 0.5) is 0 Å². The number of carbonyl (C=O) groups excluding carboxylic acids is 1. The molecule has 1 N–H and O–H groups in total. The Bertz CT molecular complexity index is 220. The van der Waals surface area contributed by atoms with E-state index in [4.69, 9.17) is 4.74 Å². The van der Waals surface area contributed by atoms with Gasteiger partial charge in [0.1, 0.15) is 0 Å². The van der Waals surface area contributed by atoms with Gasteiger partial charge in [-0.05, 0) is 12.8 Å². The van der Waals surface area contributed by atoms with Crippen molar-refractivity contribution < 1.29 is 9.53 Å². The molecule has 0 unspecified atom stereocenters. The minimum atomic E-state index is -0.147. The number of rotatable bonds is 3. The molecule has 2 aliphatic rings. The number of piperazine rings is 1. The number of nitrogens with one attached hydrogen (secondary N) is 1. The van der Waals surface area contributed by atoms with E-state index in [0.29, 0.717) is 0 Å². The van der Waals surface area contributed by atoms with Crippen molar-refractivity contribution in [2.45, 2.75) is 12.8 Å². The van der Waals surface area contributed by atoms with E-state index >= 15 is 0 Å². The Morgan fingerprint density at radius 3 is 2.57 bits per heavy atom. The normalized spacial score (nSPS) is 25.8. The summed E-state index contributed by atoms with van der Waals surface area (Å²) in [5.74, 6) is -0.0176. The van der Waals surface area contributed by atoms with Crippen molar-refractivity contribution in [3.8, 4) is 0 Å². The predicted molar refractivity (Wildman–Crippen MR) is 53.0 cm³/mol. The summed E-state index contributed by atoms with van der Waals surface area (Å²) in [4.78, 5) is 13.9. The Hall–Kier alpha value is -0.610. The lowest BCUT2D eigenvalue weighted by Gasteiger charge is -2.29. The van der Waals surface area contributed by atoms with E-state index in [1.807, 2.05) is 0 Å². The third kappa shape index (κ3) is 1.91. The second kappa shape index (κ2) is 3.87. The Labute approximate surface area is 84.6 Å². The molecule has 4 nitrogen and oxygen atoms in total. The summed E-state index contributed by atoms with van der Waals surface area (Å²) < 4.78 is 4.84. The molecule has 1 heterocycles. The Balaban J connectivity index is 1.86. The van der Waals surface area contributed by atoms with Crippen molar-refractivity contribution in [2.75, 3.05) is 39.8 Å². The van der Waals surface area contributed by atoms with Gasteiger partial charge in [0.2, 0.25) is 0 Å². The van der Waals surface area contributed by atoms with Crippen LogP contribution in [0.3, 0.4) is 0 Å². The summed E-state index contributed by atoms with van der Waals surface area (Å²) in [6.45, 7) is 5.08. The number of ether oxygens (including phenoxy) is 1. The standard InChI is InChI=1S/C10H18N2O2/c1-14-9(13)10(2-3-10)8-12-6-4-11-5-7-12/h11H,2-8H2,1H3. The molecule has 0 amide bonds. The van der Waals surface area contributed by atoms with E-state index in [0.717, 1.165) is 45.6 Å². The average Bonchev–Trinajstić information content (AvgIpc) is 2.99. The smallest absolute Gasteiger partial charge is 0.313 e. The van der Waals surface area contributed by atoms with Crippen molar-refractivity contribution in [2.24, 2.45) is 5.41 Å². The molecule has 1 saturated heterocycles. The fourth-order valence-corrected chi connectivity index (χ4v) is 2.09. The van der Waals surface area contributed by atoms with Gasteiger partial charge in [0, 0.05) is 32.7 Å². The molecule has 80 valence electrons. The van der Waals surface area contributed by atoms with Crippen molar-refractivity contribution in [1.82, 2.24) is 10.2 Å². The van der Waals surface area contributed by atoms with E-state index in [1.165, 1.54) is 7.11 Å². The first-order valence-electron chi connectivity index (χ1n) is 5.28. The highest BCUT2D eigenvalue weighted by atomic mass is 16.5. The number of esters is 1. The zero-order valence-electron chi connectivity index (χ0n) is 8.71. The third-order valence-corrected chi connectivity index (χ3v) is 3.21. The van der Waals surface area contributed by atoms with Gasteiger partial charge < -0.3 is 10.1 Å². The number of nitrogens with zero attached hydrogens (tertiary/aromatic N) is 1. The van der Waals surface area contributed by atoms with Gasteiger partial charge in [-0.3, -0.25) is 9.69 Å². The van der Waals surface area contributed by atoms with Gasteiger partial charge in [-0.25, -0.2) is 0 Å². The van der Waals surface area contributed by atoms with Crippen molar-refractivity contribution >= 4 is 5.97 Å². The molecule has 0 aromatic rings. The second-order valence-electron chi connectivity index (χ2n) is 4.30. The quantitative estimate of drug-likeness (QED) is 0.640. The number of hydrogen-bond donors (Lipinski definition) is 1. The zero-order chi connectivity index (χ0) is 10.0. The molecule has 0 aromatic heterocycles. The molecule has 0 atom stereocenters. The number of hydrogen-bond acceptors (Lipinski definition) is 4. The van der Waals surface area contributed by atoms with Crippen LogP contribution in [0.15, 0.2) is 0 Å². The van der Waals surface area contributed by atoms with Crippen LogP contribution in [0.5, 0.6) is 0 Å². The summed E-state index contributed by atoms with van der Waals surface area (Å²) in [6, 6.07) is 0.